The molecule has 2 heterocycles. The van der Waals surface area contributed by atoms with Gasteiger partial charge in [-0.1, -0.05) is 12.1 Å². The fourth-order valence-corrected chi connectivity index (χ4v) is 3.41. The van der Waals surface area contributed by atoms with Crippen molar-refractivity contribution >= 4 is 5.97 Å². The molecule has 2 N–H and O–H groups in total. The molecule has 1 aromatic carbocycles. The number of rotatable bonds is 5. The Bertz CT molecular complexity index is 829. The number of carbonyl (C=O) groups excluding carboxylic acids is 1. The quantitative estimate of drug-likeness (QED) is 0.778. The molecule has 2 aliphatic rings. The van der Waals surface area contributed by atoms with Gasteiger partial charge in [-0.15, -0.1) is 0 Å². The van der Waals surface area contributed by atoms with Crippen LogP contribution in [0.15, 0.2) is 47.1 Å². The minimum Gasteiger partial charge on any atom is -0.490 e. The van der Waals surface area contributed by atoms with Gasteiger partial charge in [-0.05, 0) is 31.5 Å². The smallest absolute Gasteiger partial charge is 0.338 e. The summed E-state index contributed by atoms with van der Waals surface area (Å²) in [6.07, 6.45) is 1.84. The molecule has 1 fully saturated rings. The average molecular weight is 384 g/mol. The predicted molar refractivity (Wildman–Crippen MR) is 101 cm³/mol. The van der Waals surface area contributed by atoms with Gasteiger partial charge >= 0.3 is 5.97 Å². The number of esters is 1. The van der Waals surface area contributed by atoms with E-state index in [2.05, 4.69) is 6.07 Å². The van der Waals surface area contributed by atoms with Crippen LogP contribution in [0.1, 0.15) is 38.2 Å². The molecule has 0 bridgehead atoms. The van der Waals surface area contributed by atoms with Crippen LogP contribution in [0.3, 0.4) is 0 Å². The zero-order chi connectivity index (χ0) is 20.1. The Morgan fingerprint density at radius 2 is 1.96 bits per heavy atom. The summed E-state index contributed by atoms with van der Waals surface area (Å²) in [4.78, 5) is 12.5. The number of nitrogens with two attached hydrogens (primary N) is 1. The van der Waals surface area contributed by atoms with Gasteiger partial charge < -0.3 is 24.7 Å². The number of nitriles is 1. The normalized spacial score (nSPS) is 20.4. The van der Waals surface area contributed by atoms with E-state index in [1.165, 1.54) is 0 Å². The Hall–Kier alpha value is -2.98. The lowest BCUT2D eigenvalue weighted by atomic mass is 9.83. The van der Waals surface area contributed by atoms with Gasteiger partial charge in [-0.3, -0.25) is 0 Å². The van der Waals surface area contributed by atoms with Crippen molar-refractivity contribution < 1.29 is 23.7 Å². The maximum atomic E-state index is 12.5. The van der Waals surface area contributed by atoms with E-state index < -0.39 is 11.9 Å². The third-order valence-corrected chi connectivity index (χ3v) is 4.79. The van der Waals surface area contributed by atoms with Crippen LogP contribution >= 0.6 is 0 Å². The van der Waals surface area contributed by atoms with Crippen LogP contribution in [-0.4, -0.2) is 31.9 Å². The van der Waals surface area contributed by atoms with Gasteiger partial charge in [0.2, 0.25) is 5.88 Å². The fourth-order valence-electron chi connectivity index (χ4n) is 3.41. The van der Waals surface area contributed by atoms with Gasteiger partial charge in [0, 0.05) is 12.8 Å². The molecule has 1 saturated heterocycles. The summed E-state index contributed by atoms with van der Waals surface area (Å²) in [7, 11) is 0. The summed E-state index contributed by atoms with van der Waals surface area (Å²) >= 11 is 0. The van der Waals surface area contributed by atoms with Gasteiger partial charge in [-0.2, -0.15) is 5.26 Å². The number of ether oxygens (including phenoxy) is 4. The van der Waals surface area contributed by atoms with E-state index in [-0.39, 0.29) is 29.7 Å². The van der Waals surface area contributed by atoms with E-state index in [1.54, 1.807) is 13.8 Å². The fraction of sp³-hybridized carbons (Fsp3) is 0.429. The molecule has 2 aliphatic heterocycles. The molecule has 1 aromatic rings. The highest BCUT2D eigenvalue weighted by molar-refractivity contribution is 5.92. The molecular formula is C21H24N2O5. The largest absolute Gasteiger partial charge is 0.490 e. The van der Waals surface area contributed by atoms with Crippen molar-refractivity contribution in [1.82, 2.24) is 0 Å². The maximum Gasteiger partial charge on any atom is 0.338 e. The van der Waals surface area contributed by atoms with Crippen molar-refractivity contribution in [2.24, 2.45) is 5.73 Å². The minimum atomic E-state index is -0.644. The summed E-state index contributed by atoms with van der Waals surface area (Å²) < 4.78 is 21.9. The molecule has 0 spiro atoms. The van der Waals surface area contributed by atoms with Gasteiger partial charge in [0.15, 0.2) is 0 Å². The molecule has 0 aliphatic carbocycles. The topological polar surface area (TPSA) is 104 Å². The molecule has 0 saturated carbocycles. The third kappa shape index (κ3) is 4.12. The first-order chi connectivity index (χ1) is 13.5. The van der Waals surface area contributed by atoms with Crippen LogP contribution in [0.5, 0.6) is 5.75 Å². The van der Waals surface area contributed by atoms with Crippen LogP contribution in [-0.2, 0) is 19.0 Å². The van der Waals surface area contributed by atoms with Crippen molar-refractivity contribution in [2.45, 2.75) is 38.7 Å². The molecule has 28 heavy (non-hydrogen) atoms. The molecule has 1 atom stereocenters. The standard InChI is InChI=1S/C21H24N2O5/c1-3-26-21(24)18-13(2)27-20(23)17(12-22)19(18)14-4-6-15(7-5-14)28-16-8-10-25-11-9-16/h4-7,16,19H,3,8-11,23H2,1-2H3. The van der Waals surface area contributed by atoms with Crippen molar-refractivity contribution in [2.75, 3.05) is 19.8 Å². The van der Waals surface area contributed by atoms with E-state index in [9.17, 15) is 10.1 Å². The Balaban J connectivity index is 1.89. The van der Waals surface area contributed by atoms with E-state index >= 15 is 0 Å². The molecule has 148 valence electrons. The van der Waals surface area contributed by atoms with E-state index in [0.29, 0.717) is 19.0 Å². The summed E-state index contributed by atoms with van der Waals surface area (Å²) in [5.41, 5.74) is 7.12. The summed E-state index contributed by atoms with van der Waals surface area (Å²) in [5, 5.41) is 9.60. The van der Waals surface area contributed by atoms with Crippen LogP contribution in [0.25, 0.3) is 0 Å². The summed E-state index contributed by atoms with van der Waals surface area (Å²) in [6, 6.07) is 9.42. The van der Waals surface area contributed by atoms with Crippen molar-refractivity contribution in [3.63, 3.8) is 0 Å². The number of benzene rings is 1. The lowest BCUT2D eigenvalue weighted by Crippen LogP contribution is -2.26. The molecule has 0 amide bonds. The lowest BCUT2D eigenvalue weighted by Gasteiger charge is -2.27. The Kier molecular flexibility index (Phi) is 6.22. The molecular weight excluding hydrogens is 360 g/mol. The summed E-state index contributed by atoms with van der Waals surface area (Å²) in [5.74, 6) is -0.0951. The lowest BCUT2D eigenvalue weighted by molar-refractivity contribution is -0.139. The zero-order valence-corrected chi connectivity index (χ0v) is 16.1. The molecule has 0 radical (unpaired) electrons. The molecule has 7 heteroatoms. The van der Waals surface area contributed by atoms with Crippen LogP contribution < -0.4 is 10.5 Å². The predicted octanol–water partition coefficient (Wildman–Crippen LogP) is 2.89. The SMILES string of the molecule is CCOC(=O)C1=C(C)OC(N)=C(C#N)C1c1ccc(OC2CCOCC2)cc1. The summed E-state index contributed by atoms with van der Waals surface area (Å²) in [6.45, 7) is 5.00. The number of nitrogens with zero attached hydrogens (tertiary/aromatic N) is 1. The highest BCUT2D eigenvalue weighted by Gasteiger charge is 2.36. The highest BCUT2D eigenvalue weighted by atomic mass is 16.5. The first-order valence-electron chi connectivity index (χ1n) is 9.35. The second-order valence-corrected chi connectivity index (χ2v) is 6.61. The van der Waals surface area contributed by atoms with Gasteiger partial charge in [-0.25, -0.2) is 4.79 Å². The Morgan fingerprint density at radius 1 is 1.29 bits per heavy atom. The number of carbonyl (C=O) groups is 1. The molecule has 3 rings (SSSR count). The minimum absolute atomic E-state index is 0.000538. The molecule has 0 aromatic heterocycles. The molecule has 1 unspecified atom stereocenters. The number of hydrogen-bond acceptors (Lipinski definition) is 7. The number of allylic oxidation sites excluding steroid dienone is 2. The monoisotopic (exact) mass is 384 g/mol. The number of hydrogen-bond donors (Lipinski definition) is 1. The first kappa shape index (κ1) is 19.8. The van der Waals surface area contributed by atoms with E-state index in [0.717, 1.165) is 24.2 Å². The Labute approximate surface area is 164 Å². The van der Waals surface area contributed by atoms with Crippen molar-refractivity contribution in [3.8, 4) is 11.8 Å². The van der Waals surface area contributed by atoms with E-state index in [4.69, 9.17) is 24.7 Å². The zero-order valence-electron chi connectivity index (χ0n) is 16.1. The van der Waals surface area contributed by atoms with Crippen molar-refractivity contribution in [3.05, 3.63) is 52.6 Å². The maximum absolute atomic E-state index is 12.5. The van der Waals surface area contributed by atoms with Crippen LogP contribution in [0, 0.1) is 11.3 Å². The van der Waals surface area contributed by atoms with Crippen LogP contribution in [0.4, 0.5) is 0 Å². The molecule has 7 nitrogen and oxygen atoms in total. The highest BCUT2D eigenvalue weighted by Crippen LogP contribution is 2.40. The van der Waals surface area contributed by atoms with Crippen molar-refractivity contribution in [1.29, 1.82) is 5.26 Å². The third-order valence-electron chi connectivity index (χ3n) is 4.79. The first-order valence-corrected chi connectivity index (χ1v) is 9.35. The second kappa shape index (κ2) is 8.81. The van der Waals surface area contributed by atoms with E-state index in [1.807, 2.05) is 24.3 Å². The van der Waals surface area contributed by atoms with Gasteiger partial charge in [0.1, 0.15) is 29.3 Å². The van der Waals surface area contributed by atoms with Crippen LogP contribution in [0.2, 0.25) is 0 Å². The average Bonchev–Trinajstić information content (AvgIpc) is 2.69. The van der Waals surface area contributed by atoms with Gasteiger partial charge in [0.25, 0.3) is 0 Å². The van der Waals surface area contributed by atoms with Gasteiger partial charge in [0.05, 0.1) is 31.3 Å². The second-order valence-electron chi connectivity index (χ2n) is 6.61. The Morgan fingerprint density at radius 3 is 2.57 bits per heavy atom.